The summed E-state index contributed by atoms with van der Waals surface area (Å²) in [5, 5.41) is 16.5. The number of fused-ring (bicyclic) bond motifs is 1. The van der Waals surface area contributed by atoms with E-state index in [9.17, 15) is 5.11 Å². The average molecular weight is 349 g/mol. The number of aliphatic hydroxyl groups excluding tert-OH is 1. The van der Waals surface area contributed by atoms with Crippen molar-refractivity contribution < 1.29 is 5.11 Å². The molecule has 2 aliphatic rings. The Kier molecular flexibility index (Phi) is 3.52. The molecule has 6 nitrogen and oxygen atoms in total. The first kappa shape index (κ1) is 15.8. The summed E-state index contributed by atoms with van der Waals surface area (Å²) >= 11 is 0. The fourth-order valence-corrected chi connectivity index (χ4v) is 3.66. The third-order valence-electron chi connectivity index (χ3n) is 5.73. The molecular formula is C20H23N5O. The minimum atomic E-state index is -0.391. The fraction of sp³-hybridized carbons (Fsp3) is 0.400. The van der Waals surface area contributed by atoms with Gasteiger partial charge in [0.2, 0.25) is 0 Å². The molecule has 1 saturated carbocycles. The highest BCUT2D eigenvalue weighted by Gasteiger charge is 2.39. The molecule has 134 valence electrons. The maximum atomic E-state index is 9.99. The van der Waals surface area contributed by atoms with Gasteiger partial charge in [0.25, 0.3) is 0 Å². The number of aliphatic hydroxyl groups is 1. The summed E-state index contributed by atoms with van der Waals surface area (Å²) in [6, 6.07) is 10.2. The quantitative estimate of drug-likeness (QED) is 0.673. The molecule has 4 heterocycles. The van der Waals surface area contributed by atoms with Gasteiger partial charge in [0.15, 0.2) is 0 Å². The molecule has 2 atom stereocenters. The van der Waals surface area contributed by atoms with Gasteiger partial charge in [0, 0.05) is 19.3 Å². The van der Waals surface area contributed by atoms with Gasteiger partial charge < -0.3 is 15.7 Å². The Morgan fingerprint density at radius 3 is 2.88 bits per heavy atom. The van der Waals surface area contributed by atoms with Crippen LogP contribution in [0.25, 0.3) is 17.0 Å². The summed E-state index contributed by atoms with van der Waals surface area (Å²) in [5.41, 5.74) is 4.47. The second-order valence-electron chi connectivity index (χ2n) is 7.73. The molecule has 1 aliphatic carbocycles. The predicted molar refractivity (Wildman–Crippen MR) is 101 cm³/mol. The Morgan fingerprint density at radius 1 is 1.23 bits per heavy atom. The van der Waals surface area contributed by atoms with Gasteiger partial charge in [-0.15, -0.1) is 0 Å². The van der Waals surface area contributed by atoms with E-state index in [1.54, 1.807) is 0 Å². The molecule has 6 heteroatoms. The molecule has 3 aromatic heterocycles. The first-order valence-corrected chi connectivity index (χ1v) is 9.23. The third-order valence-corrected chi connectivity index (χ3v) is 5.73. The number of aromatic nitrogens is 3. The van der Waals surface area contributed by atoms with E-state index < -0.39 is 6.10 Å². The molecule has 26 heavy (non-hydrogen) atoms. The number of rotatable bonds is 4. The number of hydrogen-bond donors (Lipinski definition) is 3. The highest BCUT2D eigenvalue weighted by molar-refractivity contribution is 5.62. The lowest BCUT2D eigenvalue weighted by Crippen LogP contribution is -2.32. The van der Waals surface area contributed by atoms with E-state index in [2.05, 4.69) is 45.3 Å². The number of anilines is 1. The largest absolute Gasteiger partial charge is 0.390 e. The second-order valence-corrected chi connectivity index (χ2v) is 7.73. The minimum absolute atomic E-state index is 0.0126. The van der Waals surface area contributed by atoms with Gasteiger partial charge in [0.1, 0.15) is 11.5 Å². The van der Waals surface area contributed by atoms with Gasteiger partial charge >= 0.3 is 0 Å². The SMILES string of the molecule is CC1(c2ccc3ncc(-c4cccc(N[C@H]5CNC[C@@H]5O)n4)n3c2)CC1. The Hall–Kier alpha value is -2.44. The first-order valence-electron chi connectivity index (χ1n) is 9.23. The highest BCUT2D eigenvalue weighted by atomic mass is 16.3. The van der Waals surface area contributed by atoms with Crippen LogP contribution in [0, 0.1) is 0 Å². The topological polar surface area (TPSA) is 74.5 Å². The second kappa shape index (κ2) is 5.79. The molecule has 0 bridgehead atoms. The summed E-state index contributed by atoms with van der Waals surface area (Å²) in [5.74, 6) is 0.774. The van der Waals surface area contributed by atoms with Gasteiger partial charge in [-0.2, -0.15) is 0 Å². The van der Waals surface area contributed by atoms with Crippen molar-refractivity contribution in [2.45, 2.75) is 37.3 Å². The van der Waals surface area contributed by atoms with Crippen molar-refractivity contribution in [2.75, 3.05) is 18.4 Å². The van der Waals surface area contributed by atoms with E-state index in [0.717, 1.165) is 29.4 Å². The van der Waals surface area contributed by atoms with E-state index in [-0.39, 0.29) is 6.04 Å². The van der Waals surface area contributed by atoms with Gasteiger partial charge in [-0.1, -0.05) is 19.1 Å². The highest BCUT2D eigenvalue weighted by Crippen LogP contribution is 2.47. The zero-order valence-electron chi connectivity index (χ0n) is 14.8. The van der Waals surface area contributed by atoms with Crippen molar-refractivity contribution in [3.63, 3.8) is 0 Å². The molecule has 0 amide bonds. The minimum Gasteiger partial charge on any atom is -0.390 e. The van der Waals surface area contributed by atoms with Crippen LogP contribution in [0.15, 0.2) is 42.7 Å². The van der Waals surface area contributed by atoms with E-state index in [1.807, 2.05) is 24.4 Å². The Morgan fingerprint density at radius 2 is 2.12 bits per heavy atom. The number of nitrogens with zero attached hydrogens (tertiary/aromatic N) is 3. The molecule has 0 spiro atoms. The summed E-state index contributed by atoms with van der Waals surface area (Å²) < 4.78 is 2.14. The Bertz CT molecular complexity index is 962. The first-order chi connectivity index (χ1) is 12.6. The number of hydrogen-bond acceptors (Lipinski definition) is 5. The molecule has 0 radical (unpaired) electrons. The van der Waals surface area contributed by atoms with E-state index >= 15 is 0 Å². The van der Waals surface area contributed by atoms with E-state index in [4.69, 9.17) is 4.98 Å². The van der Waals surface area contributed by atoms with Gasteiger partial charge in [-0.25, -0.2) is 9.97 Å². The lowest BCUT2D eigenvalue weighted by Gasteiger charge is -2.16. The van der Waals surface area contributed by atoms with Crippen LogP contribution in [0.1, 0.15) is 25.3 Å². The zero-order valence-corrected chi connectivity index (χ0v) is 14.8. The van der Waals surface area contributed by atoms with Crippen molar-refractivity contribution in [3.8, 4) is 11.4 Å². The summed E-state index contributed by atoms with van der Waals surface area (Å²) in [7, 11) is 0. The molecule has 3 aromatic rings. The lowest BCUT2D eigenvalue weighted by atomic mass is 10.0. The number of pyridine rings is 2. The normalized spacial score (nSPS) is 24.1. The van der Waals surface area contributed by atoms with Crippen LogP contribution in [-0.4, -0.2) is 44.7 Å². The van der Waals surface area contributed by atoms with Crippen LogP contribution in [-0.2, 0) is 5.41 Å². The van der Waals surface area contributed by atoms with Crippen molar-refractivity contribution >= 4 is 11.5 Å². The molecule has 2 fully saturated rings. The van der Waals surface area contributed by atoms with Crippen molar-refractivity contribution in [1.29, 1.82) is 0 Å². The number of β-amino-alcohol motifs (C(OH)–C–C–N with tert-alkyl or cyclic N) is 1. The smallest absolute Gasteiger partial charge is 0.137 e. The maximum absolute atomic E-state index is 9.99. The number of imidazole rings is 1. The zero-order chi connectivity index (χ0) is 17.7. The van der Waals surface area contributed by atoms with E-state index in [0.29, 0.717) is 12.0 Å². The summed E-state index contributed by atoms with van der Waals surface area (Å²) in [6.45, 7) is 3.67. The predicted octanol–water partition coefficient (Wildman–Crippen LogP) is 2.19. The summed E-state index contributed by atoms with van der Waals surface area (Å²) in [6.07, 6.45) is 6.19. The third kappa shape index (κ3) is 2.66. The van der Waals surface area contributed by atoms with Gasteiger partial charge in [-0.05, 0) is 42.0 Å². The summed E-state index contributed by atoms with van der Waals surface area (Å²) in [4.78, 5) is 9.30. The van der Waals surface area contributed by atoms with Crippen LogP contribution in [0.3, 0.4) is 0 Å². The van der Waals surface area contributed by atoms with Crippen molar-refractivity contribution in [1.82, 2.24) is 19.7 Å². The molecule has 1 aliphatic heterocycles. The molecule has 5 rings (SSSR count). The van der Waals surface area contributed by atoms with Gasteiger partial charge in [-0.3, -0.25) is 4.40 Å². The average Bonchev–Trinajstić information content (AvgIpc) is 3.08. The Labute approximate surface area is 152 Å². The molecular weight excluding hydrogens is 326 g/mol. The molecule has 1 saturated heterocycles. The van der Waals surface area contributed by atoms with Gasteiger partial charge in [0.05, 0.1) is 29.7 Å². The molecule has 0 aromatic carbocycles. The van der Waals surface area contributed by atoms with Crippen LogP contribution >= 0.6 is 0 Å². The van der Waals surface area contributed by atoms with Crippen molar-refractivity contribution in [2.24, 2.45) is 0 Å². The molecule has 0 unspecified atom stereocenters. The van der Waals surface area contributed by atoms with Crippen LogP contribution in [0.2, 0.25) is 0 Å². The van der Waals surface area contributed by atoms with Crippen LogP contribution in [0.4, 0.5) is 5.82 Å². The fourth-order valence-electron chi connectivity index (χ4n) is 3.66. The Balaban J connectivity index is 1.50. The number of nitrogens with one attached hydrogen (secondary N) is 2. The van der Waals surface area contributed by atoms with Crippen LogP contribution in [0.5, 0.6) is 0 Å². The van der Waals surface area contributed by atoms with E-state index in [1.165, 1.54) is 18.4 Å². The standard InChI is InChI=1S/C20H23N5O/c1-20(7-8-20)13-5-6-19-22-10-16(25(19)12-13)14-3-2-4-18(23-14)24-15-9-21-11-17(15)26/h2-6,10,12,15,17,21,26H,7-9,11H2,1H3,(H,23,24)/t15-,17-/m0/s1. The lowest BCUT2D eigenvalue weighted by molar-refractivity contribution is 0.185. The van der Waals surface area contributed by atoms with Crippen LogP contribution < -0.4 is 10.6 Å². The van der Waals surface area contributed by atoms with Crippen molar-refractivity contribution in [3.05, 3.63) is 48.3 Å². The monoisotopic (exact) mass is 349 g/mol. The molecule has 3 N–H and O–H groups in total. The maximum Gasteiger partial charge on any atom is 0.137 e.